The van der Waals surface area contributed by atoms with Gasteiger partial charge in [0.15, 0.2) is 0 Å². The summed E-state index contributed by atoms with van der Waals surface area (Å²) >= 11 is 0. The number of aromatic nitrogens is 4. The van der Waals surface area contributed by atoms with E-state index in [-0.39, 0.29) is 5.91 Å². The van der Waals surface area contributed by atoms with Crippen molar-refractivity contribution in [3.8, 4) is 11.4 Å². The molecule has 0 aliphatic rings. The molecular weight excluding hydrogens is 266 g/mol. The Balaban J connectivity index is 1.81. The van der Waals surface area contributed by atoms with Crippen LogP contribution in [0, 0.1) is 6.92 Å². The molecule has 21 heavy (non-hydrogen) atoms. The van der Waals surface area contributed by atoms with Crippen molar-refractivity contribution in [1.29, 1.82) is 0 Å². The number of carbonyl (C=O) groups excluding carboxylic acids is 1. The summed E-state index contributed by atoms with van der Waals surface area (Å²) in [4.78, 5) is 12.2. The Hall–Kier alpha value is -3.02. The number of amides is 1. The average Bonchev–Trinajstić information content (AvgIpc) is 3.04. The van der Waals surface area contributed by atoms with Crippen LogP contribution in [0.25, 0.3) is 11.4 Å². The van der Waals surface area contributed by atoms with Gasteiger partial charge < -0.3 is 5.32 Å². The van der Waals surface area contributed by atoms with E-state index in [9.17, 15) is 4.79 Å². The maximum Gasteiger partial charge on any atom is 0.255 e. The fraction of sp³-hybridized carbons (Fsp3) is 0.0667. The van der Waals surface area contributed by atoms with Gasteiger partial charge in [-0.25, -0.2) is 0 Å². The molecular formula is C15H13N5O. The number of anilines is 1. The van der Waals surface area contributed by atoms with Crippen molar-refractivity contribution in [2.24, 2.45) is 0 Å². The molecule has 6 heteroatoms. The molecule has 2 N–H and O–H groups in total. The van der Waals surface area contributed by atoms with Crippen molar-refractivity contribution < 1.29 is 4.79 Å². The van der Waals surface area contributed by atoms with Gasteiger partial charge >= 0.3 is 0 Å². The standard InChI is InChI=1S/C15H13N5O/c1-10-5-7-13(8-6-10)16-15(21)12-4-2-3-11(9-12)14-17-19-20-18-14/h2-9H,1H3,(H,16,21)(H,17,18,19,20). The Morgan fingerprint density at radius 2 is 1.95 bits per heavy atom. The van der Waals surface area contributed by atoms with E-state index in [4.69, 9.17) is 0 Å². The van der Waals surface area contributed by atoms with E-state index in [0.29, 0.717) is 11.4 Å². The summed E-state index contributed by atoms with van der Waals surface area (Å²) in [7, 11) is 0. The van der Waals surface area contributed by atoms with Crippen molar-refractivity contribution in [2.75, 3.05) is 5.32 Å². The van der Waals surface area contributed by atoms with Gasteiger partial charge in [-0.05, 0) is 36.4 Å². The first-order valence-corrected chi connectivity index (χ1v) is 6.44. The highest BCUT2D eigenvalue weighted by molar-refractivity contribution is 6.04. The van der Waals surface area contributed by atoms with Gasteiger partial charge in [0.25, 0.3) is 5.91 Å². The lowest BCUT2D eigenvalue weighted by atomic mass is 10.1. The molecule has 0 aliphatic carbocycles. The smallest absolute Gasteiger partial charge is 0.255 e. The quantitative estimate of drug-likeness (QED) is 0.771. The van der Waals surface area contributed by atoms with E-state index >= 15 is 0 Å². The monoisotopic (exact) mass is 279 g/mol. The zero-order chi connectivity index (χ0) is 14.7. The third-order valence-electron chi connectivity index (χ3n) is 3.04. The lowest BCUT2D eigenvalue weighted by molar-refractivity contribution is 0.102. The molecule has 0 fully saturated rings. The van der Waals surface area contributed by atoms with Crippen molar-refractivity contribution in [3.05, 3.63) is 59.7 Å². The topological polar surface area (TPSA) is 83.6 Å². The predicted octanol–water partition coefficient (Wildman–Crippen LogP) is 2.43. The second-order valence-electron chi connectivity index (χ2n) is 4.64. The molecule has 2 aromatic carbocycles. The molecule has 0 aliphatic heterocycles. The number of aryl methyl sites for hydroxylation is 1. The normalized spacial score (nSPS) is 10.3. The van der Waals surface area contributed by atoms with Crippen molar-refractivity contribution in [1.82, 2.24) is 20.6 Å². The first kappa shape index (κ1) is 13.0. The van der Waals surface area contributed by atoms with Gasteiger partial charge in [-0.1, -0.05) is 29.8 Å². The Kier molecular flexibility index (Phi) is 3.42. The van der Waals surface area contributed by atoms with Crippen LogP contribution in [-0.2, 0) is 0 Å². The van der Waals surface area contributed by atoms with Gasteiger partial charge in [-0.15, -0.1) is 10.2 Å². The maximum atomic E-state index is 12.2. The second-order valence-corrected chi connectivity index (χ2v) is 4.64. The van der Waals surface area contributed by atoms with Gasteiger partial charge in [0.2, 0.25) is 5.82 Å². The molecule has 0 bridgehead atoms. The van der Waals surface area contributed by atoms with Gasteiger partial charge in [0.05, 0.1) is 0 Å². The number of rotatable bonds is 3. The van der Waals surface area contributed by atoms with Crippen LogP contribution in [-0.4, -0.2) is 26.5 Å². The molecule has 1 amide bonds. The number of carbonyl (C=O) groups is 1. The number of aromatic amines is 1. The minimum atomic E-state index is -0.177. The average molecular weight is 279 g/mol. The van der Waals surface area contributed by atoms with E-state index in [1.165, 1.54) is 0 Å². The minimum absolute atomic E-state index is 0.177. The molecule has 6 nitrogen and oxygen atoms in total. The molecule has 0 unspecified atom stereocenters. The molecule has 0 saturated heterocycles. The number of nitrogens with zero attached hydrogens (tertiary/aromatic N) is 3. The number of benzene rings is 2. The lowest BCUT2D eigenvalue weighted by Gasteiger charge is -2.06. The third kappa shape index (κ3) is 2.94. The number of H-pyrrole nitrogens is 1. The Bertz CT molecular complexity index is 750. The highest BCUT2D eigenvalue weighted by Gasteiger charge is 2.09. The molecule has 104 valence electrons. The first-order valence-electron chi connectivity index (χ1n) is 6.44. The van der Waals surface area contributed by atoms with Gasteiger partial charge in [0, 0.05) is 16.8 Å². The predicted molar refractivity (Wildman–Crippen MR) is 78.7 cm³/mol. The second kappa shape index (κ2) is 5.54. The summed E-state index contributed by atoms with van der Waals surface area (Å²) in [5.74, 6) is 0.282. The van der Waals surface area contributed by atoms with E-state index in [2.05, 4.69) is 25.9 Å². The Morgan fingerprint density at radius 1 is 1.14 bits per heavy atom. The van der Waals surface area contributed by atoms with Crippen LogP contribution >= 0.6 is 0 Å². The molecule has 3 rings (SSSR count). The van der Waals surface area contributed by atoms with Crippen LogP contribution in [0.4, 0.5) is 5.69 Å². The SMILES string of the molecule is Cc1ccc(NC(=O)c2cccc(-c3nn[nH]n3)c2)cc1. The van der Waals surface area contributed by atoms with Crippen molar-refractivity contribution >= 4 is 11.6 Å². The fourth-order valence-electron chi connectivity index (χ4n) is 1.92. The van der Waals surface area contributed by atoms with E-state index in [1.54, 1.807) is 18.2 Å². The number of hydrogen-bond acceptors (Lipinski definition) is 4. The molecule has 1 heterocycles. The summed E-state index contributed by atoms with van der Waals surface area (Å²) < 4.78 is 0. The third-order valence-corrected chi connectivity index (χ3v) is 3.04. The van der Waals surface area contributed by atoms with Crippen LogP contribution < -0.4 is 5.32 Å². The summed E-state index contributed by atoms with van der Waals surface area (Å²) in [6.07, 6.45) is 0. The van der Waals surface area contributed by atoms with Crippen molar-refractivity contribution in [2.45, 2.75) is 6.92 Å². The zero-order valence-electron chi connectivity index (χ0n) is 11.4. The molecule has 0 radical (unpaired) electrons. The summed E-state index contributed by atoms with van der Waals surface area (Å²) in [5, 5.41) is 16.6. The fourth-order valence-corrected chi connectivity index (χ4v) is 1.92. The van der Waals surface area contributed by atoms with Crippen molar-refractivity contribution in [3.63, 3.8) is 0 Å². The van der Waals surface area contributed by atoms with Crippen LogP contribution in [0.15, 0.2) is 48.5 Å². The number of nitrogens with one attached hydrogen (secondary N) is 2. The zero-order valence-corrected chi connectivity index (χ0v) is 11.4. The largest absolute Gasteiger partial charge is 0.322 e. The van der Waals surface area contributed by atoms with Crippen LogP contribution in [0.5, 0.6) is 0 Å². The Labute approximate surface area is 121 Å². The minimum Gasteiger partial charge on any atom is -0.322 e. The van der Waals surface area contributed by atoms with Gasteiger partial charge in [0.1, 0.15) is 0 Å². The number of tetrazole rings is 1. The molecule has 0 saturated carbocycles. The highest BCUT2D eigenvalue weighted by Crippen LogP contribution is 2.16. The van der Waals surface area contributed by atoms with E-state index < -0.39 is 0 Å². The maximum absolute atomic E-state index is 12.2. The molecule has 0 atom stereocenters. The summed E-state index contributed by atoms with van der Waals surface area (Å²) in [6.45, 7) is 2.00. The van der Waals surface area contributed by atoms with Gasteiger partial charge in [-0.3, -0.25) is 4.79 Å². The molecule has 0 spiro atoms. The van der Waals surface area contributed by atoms with E-state index in [1.807, 2.05) is 37.3 Å². The lowest BCUT2D eigenvalue weighted by Crippen LogP contribution is -2.11. The van der Waals surface area contributed by atoms with Crippen LogP contribution in [0.1, 0.15) is 15.9 Å². The highest BCUT2D eigenvalue weighted by atomic mass is 16.1. The first-order chi connectivity index (χ1) is 10.2. The van der Waals surface area contributed by atoms with Crippen LogP contribution in [0.3, 0.4) is 0 Å². The van der Waals surface area contributed by atoms with Gasteiger partial charge in [-0.2, -0.15) is 5.21 Å². The van der Waals surface area contributed by atoms with Crippen LogP contribution in [0.2, 0.25) is 0 Å². The molecule has 3 aromatic rings. The Morgan fingerprint density at radius 3 is 2.67 bits per heavy atom. The summed E-state index contributed by atoms with van der Waals surface area (Å²) in [6, 6.07) is 14.7. The molecule has 1 aromatic heterocycles. The summed E-state index contributed by atoms with van der Waals surface area (Å²) in [5.41, 5.74) is 3.18. The van der Waals surface area contributed by atoms with E-state index in [0.717, 1.165) is 16.8 Å². The number of hydrogen-bond donors (Lipinski definition) is 2.